The number of nitrogens with zero attached hydrogens (tertiary/aromatic N) is 4. The van der Waals surface area contributed by atoms with E-state index in [9.17, 15) is 18.0 Å². The quantitative estimate of drug-likeness (QED) is 0.438. The van der Waals surface area contributed by atoms with E-state index < -0.39 is 18.3 Å². The zero-order valence-electron chi connectivity index (χ0n) is 16.8. The summed E-state index contributed by atoms with van der Waals surface area (Å²) in [6, 6.07) is 12.3. The Bertz CT molecular complexity index is 1510. The van der Waals surface area contributed by atoms with Crippen LogP contribution < -0.4 is 5.56 Å². The molecule has 0 radical (unpaired) electrons. The van der Waals surface area contributed by atoms with Crippen molar-refractivity contribution in [3.05, 3.63) is 64.9 Å². The Balaban J connectivity index is 1.77. The predicted octanol–water partition coefficient (Wildman–Crippen LogP) is 4.72. The van der Waals surface area contributed by atoms with Gasteiger partial charge >= 0.3 is 6.18 Å². The van der Waals surface area contributed by atoms with Gasteiger partial charge in [-0.3, -0.25) is 14.5 Å². The summed E-state index contributed by atoms with van der Waals surface area (Å²) in [5, 5.41) is 11.2. The fraction of sp³-hybridized carbons (Fsp3) is 0.182. The number of hydrogen-bond donors (Lipinski definition) is 1. The van der Waals surface area contributed by atoms with Gasteiger partial charge in [0.05, 0.1) is 22.6 Å². The van der Waals surface area contributed by atoms with Crippen LogP contribution in [0.1, 0.15) is 12.8 Å². The number of nitrogens with one attached hydrogen (secondary N) is 1. The lowest BCUT2D eigenvalue weighted by atomic mass is 9.97. The number of benzene rings is 2. The zero-order valence-corrected chi connectivity index (χ0v) is 16.8. The maximum absolute atomic E-state index is 13.3. The standard InChI is InChI=1S/C22H16F3N5O2/c1-2-18-27-20(29-32-18)14-6-4-3-5-13(14)12-7-8-15-17(9-12)30(11-22(23,24)25)21(31)16-10-26-28-19(15)16/h3-10H,2,11H2,1H3,(H,26,28). The largest absolute Gasteiger partial charge is 0.406 e. The average Bonchev–Trinajstić information content (AvgIpc) is 3.45. The molecule has 0 saturated carbocycles. The Hall–Kier alpha value is -3.95. The second-order valence-corrected chi connectivity index (χ2v) is 7.31. The van der Waals surface area contributed by atoms with Crippen LogP contribution in [0.5, 0.6) is 0 Å². The monoisotopic (exact) mass is 439 g/mol. The number of hydrogen-bond acceptors (Lipinski definition) is 5. The maximum Gasteiger partial charge on any atom is 0.406 e. The number of aromatic amines is 1. The van der Waals surface area contributed by atoms with Crippen LogP contribution in [0.2, 0.25) is 0 Å². The molecule has 0 atom stereocenters. The van der Waals surface area contributed by atoms with Crippen molar-refractivity contribution < 1.29 is 17.7 Å². The molecule has 5 aromatic rings. The van der Waals surface area contributed by atoms with Gasteiger partial charge in [0.2, 0.25) is 11.7 Å². The van der Waals surface area contributed by atoms with E-state index in [0.717, 1.165) is 4.57 Å². The molecule has 162 valence electrons. The Kier molecular flexibility index (Phi) is 4.58. The van der Waals surface area contributed by atoms with Crippen molar-refractivity contribution in [1.82, 2.24) is 24.9 Å². The Morgan fingerprint density at radius 1 is 1.09 bits per heavy atom. The predicted molar refractivity (Wildman–Crippen MR) is 112 cm³/mol. The van der Waals surface area contributed by atoms with E-state index in [1.54, 1.807) is 18.2 Å². The molecule has 32 heavy (non-hydrogen) atoms. The minimum absolute atomic E-state index is 0.105. The molecule has 0 aliphatic carbocycles. The van der Waals surface area contributed by atoms with Crippen molar-refractivity contribution in [2.24, 2.45) is 0 Å². The van der Waals surface area contributed by atoms with Crippen molar-refractivity contribution in [2.75, 3.05) is 0 Å². The molecule has 1 N–H and O–H groups in total. The second-order valence-electron chi connectivity index (χ2n) is 7.31. The van der Waals surface area contributed by atoms with E-state index >= 15 is 0 Å². The highest BCUT2D eigenvalue weighted by molar-refractivity contribution is 6.04. The van der Waals surface area contributed by atoms with E-state index in [1.807, 2.05) is 31.2 Å². The number of aromatic nitrogens is 5. The molecule has 7 nitrogen and oxygen atoms in total. The molecule has 5 rings (SSSR count). The molecule has 0 amide bonds. The molecule has 0 unspecified atom stereocenters. The molecule has 2 aromatic carbocycles. The smallest absolute Gasteiger partial charge is 0.339 e. The average molecular weight is 439 g/mol. The van der Waals surface area contributed by atoms with Gasteiger partial charge in [-0.2, -0.15) is 23.3 Å². The third kappa shape index (κ3) is 3.33. The number of alkyl halides is 3. The van der Waals surface area contributed by atoms with Crippen molar-refractivity contribution in [3.8, 4) is 22.5 Å². The Morgan fingerprint density at radius 3 is 2.59 bits per heavy atom. The number of pyridine rings is 1. The van der Waals surface area contributed by atoms with E-state index in [-0.39, 0.29) is 10.9 Å². The van der Waals surface area contributed by atoms with Gasteiger partial charge in [0.15, 0.2) is 0 Å². The van der Waals surface area contributed by atoms with Gasteiger partial charge in [-0.1, -0.05) is 48.5 Å². The lowest BCUT2D eigenvalue weighted by Gasteiger charge is -2.15. The number of H-pyrrole nitrogens is 1. The molecule has 0 fully saturated rings. The van der Waals surface area contributed by atoms with Crippen LogP contribution in [0.3, 0.4) is 0 Å². The summed E-state index contributed by atoms with van der Waals surface area (Å²) in [4.78, 5) is 17.2. The van der Waals surface area contributed by atoms with Gasteiger partial charge in [0.25, 0.3) is 5.56 Å². The molecule has 0 saturated heterocycles. The summed E-state index contributed by atoms with van der Waals surface area (Å²) in [6.07, 6.45) is -2.74. The third-order valence-electron chi connectivity index (χ3n) is 5.26. The maximum atomic E-state index is 13.3. The summed E-state index contributed by atoms with van der Waals surface area (Å²) >= 11 is 0. The van der Waals surface area contributed by atoms with Crippen molar-refractivity contribution in [2.45, 2.75) is 26.1 Å². The number of aryl methyl sites for hydroxylation is 1. The van der Waals surface area contributed by atoms with Crippen LogP contribution in [0.4, 0.5) is 13.2 Å². The first-order valence-corrected chi connectivity index (χ1v) is 9.84. The molecule has 0 aliphatic heterocycles. The van der Waals surface area contributed by atoms with Gasteiger partial charge in [-0.05, 0) is 17.2 Å². The van der Waals surface area contributed by atoms with E-state index in [4.69, 9.17) is 4.52 Å². The van der Waals surface area contributed by atoms with Crippen LogP contribution in [0.25, 0.3) is 44.3 Å². The first-order valence-electron chi connectivity index (χ1n) is 9.84. The molecule has 0 bridgehead atoms. The second kappa shape index (κ2) is 7.33. The highest BCUT2D eigenvalue weighted by atomic mass is 19.4. The lowest BCUT2D eigenvalue weighted by Crippen LogP contribution is -2.28. The Morgan fingerprint density at radius 2 is 1.88 bits per heavy atom. The highest BCUT2D eigenvalue weighted by Crippen LogP contribution is 2.34. The normalized spacial score (nSPS) is 12.1. The van der Waals surface area contributed by atoms with E-state index in [0.29, 0.717) is 45.7 Å². The van der Waals surface area contributed by atoms with E-state index in [2.05, 4.69) is 20.3 Å². The van der Waals surface area contributed by atoms with Crippen LogP contribution in [0, 0.1) is 0 Å². The first kappa shape index (κ1) is 20.0. The number of rotatable bonds is 4. The van der Waals surface area contributed by atoms with Gasteiger partial charge in [-0.25, -0.2) is 0 Å². The fourth-order valence-corrected chi connectivity index (χ4v) is 3.82. The van der Waals surface area contributed by atoms with Gasteiger partial charge < -0.3 is 4.52 Å². The van der Waals surface area contributed by atoms with Crippen LogP contribution >= 0.6 is 0 Å². The molecular weight excluding hydrogens is 423 g/mol. The molecule has 0 spiro atoms. The number of halogens is 3. The molecule has 10 heteroatoms. The molecule has 3 aromatic heterocycles. The molecular formula is C22H16F3N5O2. The van der Waals surface area contributed by atoms with Crippen molar-refractivity contribution in [1.29, 1.82) is 0 Å². The highest BCUT2D eigenvalue weighted by Gasteiger charge is 2.30. The summed E-state index contributed by atoms with van der Waals surface area (Å²) < 4.78 is 45.9. The summed E-state index contributed by atoms with van der Waals surface area (Å²) in [5.74, 6) is 0.864. The van der Waals surface area contributed by atoms with Gasteiger partial charge in [0.1, 0.15) is 6.54 Å². The van der Waals surface area contributed by atoms with Crippen molar-refractivity contribution in [3.63, 3.8) is 0 Å². The fourth-order valence-electron chi connectivity index (χ4n) is 3.82. The molecule has 0 aliphatic rings. The van der Waals surface area contributed by atoms with E-state index in [1.165, 1.54) is 6.20 Å². The van der Waals surface area contributed by atoms with Crippen molar-refractivity contribution >= 4 is 21.8 Å². The summed E-state index contributed by atoms with van der Waals surface area (Å²) in [5.41, 5.74) is 1.78. The number of fused-ring (bicyclic) bond motifs is 3. The van der Waals surface area contributed by atoms with Crippen LogP contribution in [0.15, 0.2) is 58.0 Å². The summed E-state index contributed by atoms with van der Waals surface area (Å²) in [7, 11) is 0. The minimum Gasteiger partial charge on any atom is -0.339 e. The van der Waals surface area contributed by atoms with Crippen LogP contribution in [-0.2, 0) is 13.0 Å². The lowest BCUT2D eigenvalue weighted by molar-refractivity contribution is -0.140. The van der Waals surface area contributed by atoms with Gasteiger partial charge in [0, 0.05) is 17.4 Å². The Labute approximate surface area is 178 Å². The zero-order chi connectivity index (χ0) is 22.5. The first-order chi connectivity index (χ1) is 15.4. The topological polar surface area (TPSA) is 89.6 Å². The van der Waals surface area contributed by atoms with Gasteiger partial charge in [-0.15, -0.1) is 0 Å². The third-order valence-corrected chi connectivity index (χ3v) is 5.26. The van der Waals surface area contributed by atoms with Crippen LogP contribution in [-0.4, -0.2) is 31.1 Å². The minimum atomic E-state index is -4.57. The summed E-state index contributed by atoms with van der Waals surface area (Å²) in [6.45, 7) is 0.488. The molecule has 3 heterocycles. The SMILES string of the molecule is CCc1nc(-c2ccccc2-c2ccc3c4[nH]ncc4c(=O)n(CC(F)(F)F)c3c2)no1.